The van der Waals surface area contributed by atoms with E-state index in [2.05, 4.69) is 32.6 Å². The lowest BCUT2D eigenvalue weighted by molar-refractivity contribution is 0.101. The minimum Gasteiger partial charge on any atom is -0.487 e. The van der Waals surface area contributed by atoms with Gasteiger partial charge in [0.25, 0.3) is 0 Å². The van der Waals surface area contributed by atoms with Gasteiger partial charge in [0, 0.05) is 24.9 Å². The van der Waals surface area contributed by atoms with Gasteiger partial charge in [0.05, 0.1) is 25.5 Å². The van der Waals surface area contributed by atoms with Crippen LogP contribution in [0.1, 0.15) is 51.0 Å². The van der Waals surface area contributed by atoms with E-state index in [-0.39, 0.29) is 0 Å². The molecule has 1 aromatic heterocycles. The van der Waals surface area contributed by atoms with Crippen LogP contribution in [0.2, 0.25) is 0 Å². The third-order valence-corrected chi connectivity index (χ3v) is 4.06. The molecule has 0 aliphatic carbocycles. The molecule has 0 spiro atoms. The Bertz CT molecular complexity index is 516. The standard InChI is InChI=1S/C16H25N3O2/c1-10(2)13-14-16(18-15(17-13)11(3)4)19-5-6-20-8-12(7-19)9-21-14/h10-12H,5-9H2,1-4H3. The van der Waals surface area contributed by atoms with E-state index < -0.39 is 0 Å². The number of ether oxygens (including phenoxy) is 2. The number of aromatic nitrogens is 2. The summed E-state index contributed by atoms with van der Waals surface area (Å²) in [5.41, 5.74) is 1.04. The Balaban J connectivity index is 2.10. The van der Waals surface area contributed by atoms with Crippen LogP contribution >= 0.6 is 0 Å². The second-order valence-corrected chi connectivity index (χ2v) is 6.63. The Labute approximate surface area is 126 Å². The maximum Gasteiger partial charge on any atom is 0.183 e. The summed E-state index contributed by atoms with van der Waals surface area (Å²) in [5, 5.41) is 0. The highest BCUT2D eigenvalue weighted by Gasteiger charge is 2.30. The number of hydrogen-bond donors (Lipinski definition) is 0. The Morgan fingerprint density at radius 1 is 1.10 bits per heavy atom. The Kier molecular flexibility index (Phi) is 4.02. The Morgan fingerprint density at radius 3 is 2.62 bits per heavy atom. The summed E-state index contributed by atoms with van der Waals surface area (Å²) in [6.45, 7) is 12.6. The normalized spacial score (nSPS) is 21.8. The summed E-state index contributed by atoms with van der Waals surface area (Å²) >= 11 is 0. The van der Waals surface area contributed by atoms with E-state index in [1.807, 2.05) is 0 Å². The average molecular weight is 291 g/mol. The van der Waals surface area contributed by atoms with Gasteiger partial charge in [-0.1, -0.05) is 27.7 Å². The summed E-state index contributed by atoms with van der Waals surface area (Å²) in [6, 6.07) is 0. The molecule has 5 heteroatoms. The van der Waals surface area contributed by atoms with Crippen LogP contribution in [0.5, 0.6) is 5.75 Å². The van der Waals surface area contributed by atoms with E-state index in [1.165, 1.54) is 0 Å². The monoisotopic (exact) mass is 291 g/mol. The van der Waals surface area contributed by atoms with E-state index in [1.54, 1.807) is 0 Å². The number of nitrogens with zero attached hydrogens (tertiary/aromatic N) is 3. The van der Waals surface area contributed by atoms with Crippen LogP contribution in [0, 0.1) is 5.92 Å². The molecule has 1 fully saturated rings. The zero-order valence-corrected chi connectivity index (χ0v) is 13.4. The minimum absolute atomic E-state index is 0.315. The van der Waals surface area contributed by atoms with Crippen molar-refractivity contribution in [2.24, 2.45) is 5.92 Å². The van der Waals surface area contributed by atoms with E-state index in [0.717, 1.165) is 49.4 Å². The van der Waals surface area contributed by atoms with Crippen LogP contribution in [0.15, 0.2) is 0 Å². The van der Waals surface area contributed by atoms with Crippen molar-refractivity contribution >= 4 is 5.82 Å². The molecule has 1 atom stereocenters. The highest BCUT2D eigenvalue weighted by molar-refractivity contribution is 5.57. The number of anilines is 1. The van der Waals surface area contributed by atoms with Crippen molar-refractivity contribution in [2.45, 2.75) is 39.5 Å². The molecule has 116 valence electrons. The Morgan fingerprint density at radius 2 is 1.90 bits per heavy atom. The molecule has 2 aliphatic heterocycles. The molecule has 1 aromatic rings. The topological polar surface area (TPSA) is 47.5 Å². The molecular weight excluding hydrogens is 266 g/mol. The first-order valence-electron chi connectivity index (χ1n) is 7.93. The molecule has 2 aliphatic rings. The molecule has 1 saturated heterocycles. The van der Waals surface area contributed by atoms with Crippen LogP contribution < -0.4 is 9.64 Å². The van der Waals surface area contributed by atoms with Crippen LogP contribution in [0.3, 0.4) is 0 Å². The maximum atomic E-state index is 6.10. The van der Waals surface area contributed by atoms with Crippen LogP contribution in [0.4, 0.5) is 5.82 Å². The van der Waals surface area contributed by atoms with Crippen molar-refractivity contribution in [2.75, 3.05) is 37.8 Å². The van der Waals surface area contributed by atoms with Gasteiger partial charge in [-0.15, -0.1) is 0 Å². The SMILES string of the molecule is CC(C)c1nc(C(C)C)c2c(n1)N1CCOCC(CO2)C1. The lowest BCUT2D eigenvalue weighted by Crippen LogP contribution is -2.30. The predicted molar refractivity (Wildman–Crippen MR) is 82.2 cm³/mol. The van der Waals surface area contributed by atoms with Gasteiger partial charge in [0.2, 0.25) is 0 Å². The molecule has 3 rings (SSSR count). The Hall–Kier alpha value is -1.36. The first kappa shape index (κ1) is 14.6. The van der Waals surface area contributed by atoms with Crippen molar-refractivity contribution in [1.82, 2.24) is 9.97 Å². The summed E-state index contributed by atoms with van der Waals surface area (Å²) in [5.74, 6) is 3.81. The van der Waals surface area contributed by atoms with Crippen LogP contribution in [0.25, 0.3) is 0 Å². The van der Waals surface area contributed by atoms with Gasteiger partial charge >= 0.3 is 0 Å². The van der Waals surface area contributed by atoms with E-state index in [0.29, 0.717) is 24.4 Å². The fourth-order valence-corrected chi connectivity index (χ4v) is 2.85. The molecule has 3 heterocycles. The molecule has 0 saturated carbocycles. The summed E-state index contributed by atoms with van der Waals surface area (Å²) in [4.78, 5) is 11.9. The van der Waals surface area contributed by atoms with Crippen molar-refractivity contribution in [3.05, 3.63) is 11.5 Å². The first-order valence-corrected chi connectivity index (χ1v) is 7.93. The second-order valence-electron chi connectivity index (χ2n) is 6.63. The van der Waals surface area contributed by atoms with Gasteiger partial charge in [-0.3, -0.25) is 0 Å². The summed E-state index contributed by atoms with van der Waals surface area (Å²) in [7, 11) is 0. The largest absolute Gasteiger partial charge is 0.487 e. The van der Waals surface area contributed by atoms with Crippen LogP contribution in [-0.4, -0.2) is 42.9 Å². The van der Waals surface area contributed by atoms with E-state index in [9.17, 15) is 0 Å². The minimum atomic E-state index is 0.315. The molecule has 0 amide bonds. The van der Waals surface area contributed by atoms with Crippen molar-refractivity contribution < 1.29 is 9.47 Å². The summed E-state index contributed by atoms with van der Waals surface area (Å²) < 4.78 is 11.8. The molecule has 0 radical (unpaired) electrons. The van der Waals surface area contributed by atoms with Gasteiger partial charge in [-0.25, -0.2) is 9.97 Å². The number of hydrogen-bond acceptors (Lipinski definition) is 5. The highest BCUT2D eigenvalue weighted by Crippen LogP contribution is 2.37. The molecule has 0 aromatic carbocycles. The smallest absolute Gasteiger partial charge is 0.183 e. The highest BCUT2D eigenvalue weighted by atomic mass is 16.5. The molecular formula is C16H25N3O2. The third-order valence-electron chi connectivity index (χ3n) is 4.06. The van der Waals surface area contributed by atoms with Gasteiger partial charge in [0.1, 0.15) is 5.82 Å². The van der Waals surface area contributed by atoms with Crippen LogP contribution in [-0.2, 0) is 4.74 Å². The quantitative estimate of drug-likeness (QED) is 0.838. The van der Waals surface area contributed by atoms with Gasteiger partial charge in [0.15, 0.2) is 11.6 Å². The predicted octanol–water partition coefficient (Wildman–Crippen LogP) is 2.57. The van der Waals surface area contributed by atoms with E-state index >= 15 is 0 Å². The number of rotatable bonds is 2. The van der Waals surface area contributed by atoms with Gasteiger partial charge < -0.3 is 14.4 Å². The first-order chi connectivity index (χ1) is 10.1. The van der Waals surface area contributed by atoms with Crippen molar-refractivity contribution in [3.8, 4) is 5.75 Å². The lowest BCUT2D eigenvalue weighted by Gasteiger charge is -2.24. The summed E-state index contributed by atoms with van der Waals surface area (Å²) in [6.07, 6.45) is 0. The lowest BCUT2D eigenvalue weighted by atomic mass is 10.1. The fourth-order valence-electron chi connectivity index (χ4n) is 2.85. The average Bonchev–Trinajstić information content (AvgIpc) is 2.78. The molecule has 21 heavy (non-hydrogen) atoms. The van der Waals surface area contributed by atoms with Gasteiger partial charge in [-0.2, -0.15) is 0 Å². The fraction of sp³-hybridized carbons (Fsp3) is 0.750. The van der Waals surface area contributed by atoms with Gasteiger partial charge in [-0.05, 0) is 5.92 Å². The molecule has 5 nitrogen and oxygen atoms in total. The third kappa shape index (κ3) is 2.84. The van der Waals surface area contributed by atoms with Crippen molar-refractivity contribution in [3.63, 3.8) is 0 Å². The molecule has 1 unspecified atom stereocenters. The maximum absolute atomic E-state index is 6.10. The zero-order valence-electron chi connectivity index (χ0n) is 13.4. The second kappa shape index (κ2) is 5.79. The molecule has 0 N–H and O–H groups in total. The molecule has 2 bridgehead atoms. The number of fused-ring (bicyclic) bond motifs is 4. The zero-order chi connectivity index (χ0) is 15.0. The van der Waals surface area contributed by atoms with E-state index in [4.69, 9.17) is 19.4 Å². The van der Waals surface area contributed by atoms with Crippen molar-refractivity contribution in [1.29, 1.82) is 0 Å².